The van der Waals surface area contributed by atoms with E-state index in [0.717, 1.165) is 42.2 Å². The molecule has 0 fully saturated rings. The number of hydrogen-bond acceptors (Lipinski definition) is 3. The van der Waals surface area contributed by atoms with Gasteiger partial charge < -0.3 is 5.32 Å². The molecule has 2 rings (SSSR count). The first-order chi connectivity index (χ1) is 9.65. The highest BCUT2D eigenvalue weighted by molar-refractivity contribution is 7.15. The zero-order valence-corrected chi connectivity index (χ0v) is 13.1. The molecule has 0 aliphatic rings. The molecule has 0 atom stereocenters. The Bertz CT molecular complexity index is 578. The molecule has 0 saturated heterocycles. The number of thiazole rings is 1. The second-order valence-corrected chi connectivity index (χ2v) is 5.97. The van der Waals surface area contributed by atoms with Crippen LogP contribution in [-0.2, 0) is 13.0 Å². The van der Waals surface area contributed by atoms with Crippen molar-refractivity contribution in [3.8, 4) is 10.6 Å². The summed E-state index contributed by atoms with van der Waals surface area (Å²) in [5, 5.41) is 4.32. The van der Waals surface area contributed by atoms with Crippen molar-refractivity contribution in [3.63, 3.8) is 0 Å². The lowest BCUT2D eigenvalue weighted by Gasteiger charge is -2.01. The van der Waals surface area contributed by atoms with E-state index in [4.69, 9.17) is 0 Å². The van der Waals surface area contributed by atoms with Crippen molar-refractivity contribution in [2.75, 3.05) is 6.54 Å². The van der Waals surface area contributed by atoms with E-state index in [1.54, 1.807) is 24.3 Å². The Balaban J connectivity index is 2.25. The van der Waals surface area contributed by atoms with Crippen LogP contribution in [0.2, 0.25) is 0 Å². The zero-order chi connectivity index (χ0) is 14.5. The van der Waals surface area contributed by atoms with E-state index in [1.165, 1.54) is 4.88 Å². The second kappa shape index (κ2) is 6.95. The first kappa shape index (κ1) is 15.1. The molecule has 2 aromatic rings. The summed E-state index contributed by atoms with van der Waals surface area (Å²) in [7, 11) is 0. The highest BCUT2D eigenvalue weighted by atomic mass is 32.1. The summed E-state index contributed by atoms with van der Waals surface area (Å²) in [4.78, 5) is 5.92. The van der Waals surface area contributed by atoms with Crippen molar-refractivity contribution in [2.24, 2.45) is 0 Å². The average Bonchev–Trinajstić information content (AvgIpc) is 2.85. The normalized spacial score (nSPS) is 11.0. The van der Waals surface area contributed by atoms with Gasteiger partial charge in [-0.05, 0) is 37.9 Å². The molecule has 1 N–H and O–H groups in total. The second-order valence-electron chi connectivity index (χ2n) is 4.88. The fourth-order valence-corrected chi connectivity index (χ4v) is 3.14. The maximum atomic E-state index is 13.7. The minimum absolute atomic E-state index is 0.165. The van der Waals surface area contributed by atoms with Crippen LogP contribution in [-0.4, -0.2) is 11.5 Å². The molecule has 4 heteroatoms. The number of hydrogen-bond donors (Lipinski definition) is 1. The van der Waals surface area contributed by atoms with Gasteiger partial charge >= 0.3 is 0 Å². The van der Waals surface area contributed by atoms with Gasteiger partial charge in [-0.15, -0.1) is 11.3 Å². The predicted octanol–water partition coefficient (Wildman–Crippen LogP) is 4.32. The van der Waals surface area contributed by atoms with Gasteiger partial charge in [-0.1, -0.05) is 26.0 Å². The Labute approximate surface area is 124 Å². The molecule has 0 amide bonds. The highest BCUT2D eigenvalue weighted by Crippen LogP contribution is 2.29. The summed E-state index contributed by atoms with van der Waals surface area (Å²) in [6.07, 6.45) is 2.03. The summed E-state index contributed by atoms with van der Waals surface area (Å²) in [5.74, 6) is -0.165. The Morgan fingerprint density at radius 3 is 2.75 bits per heavy atom. The van der Waals surface area contributed by atoms with Crippen LogP contribution in [0.3, 0.4) is 0 Å². The molecule has 0 aliphatic heterocycles. The van der Waals surface area contributed by atoms with Crippen molar-refractivity contribution < 1.29 is 4.39 Å². The lowest BCUT2D eigenvalue weighted by Crippen LogP contribution is -2.13. The van der Waals surface area contributed by atoms with Gasteiger partial charge in [0.15, 0.2) is 0 Å². The number of nitrogens with one attached hydrogen (secondary N) is 1. The minimum atomic E-state index is -0.165. The molecule has 0 aliphatic carbocycles. The Morgan fingerprint density at radius 2 is 2.10 bits per heavy atom. The Morgan fingerprint density at radius 1 is 1.30 bits per heavy atom. The third kappa shape index (κ3) is 3.44. The molecule has 1 aromatic carbocycles. The van der Waals surface area contributed by atoms with Crippen LogP contribution >= 0.6 is 11.3 Å². The highest BCUT2D eigenvalue weighted by Gasteiger charge is 2.12. The van der Waals surface area contributed by atoms with Crippen LogP contribution in [0.5, 0.6) is 0 Å². The third-order valence-corrected chi connectivity index (χ3v) is 4.39. The van der Waals surface area contributed by atoms with Crippen molar-refractivity contribution >= 4 is 11.3 Å². The molecule has 0 bridgehead atoms. The predicted molar refractivity (Wildman–Crippen MR) is 83.6 cm³/mol. The summed E-state index contributed by atoms with van der Waals surface area (Å²) < 4.78 is 13.7. The maximum Gasteiger partial charge on any atom is 0.126 e. The molecule has 1 heterocycles. The number of rotatable bonds is 6. The summed E-state index contributed by atoms with van der Waals surface area (Å²) in [6.45, 7) is 7.90. The summed E-state index contributed by atoms with van der Waals surface area (Å²) in [5.41, 5.74) is 2.66. The molecule has 20 heavy (non-hydrogen) atoms. The smallest absolute Gasteiger partial charge is 0.126 e. The van der Waals surface area contributed by atoms with Crippen molar-refractivity contribution in [1.29, 1.82) is 0 Å². The fraction of sp³-hybridized carbons (Fsp3) is 0.438. The van der Waals surface area contributed by atoms with E-state index in [9.17, 15) is 4.39 Å². The zero-order valence-electron chi connectivity index (χ0n) is 12.3. The van der Waals surface area contributed by atoms with Gasteiger partial charge in [0.25, 0.3) is 0 Å². The number of aromatic nitrogens is 1. The maximum absolute atomic E-state index is 13.7. The molecule has 108 valence electrons. The minimum Gasteiger partial charge on any atom is -0.312 e. The van der Waals surface area contributed by atoms with Gasteiger partial charge in [0.1, 0.15) is 10.8 Å². The molecule has 0 spiro atoms. The molecule has 0 saturated carbocycles. The summed E-state index contributed by atoms with van der Waals surface area (Å²) in [6, 6.07) is 5.34. The van der Waals surface area contributed by atoms with Crippen LogP contribution < -0.4 is 5.32 Å². The van der Waals surface area contributed by atoms with Crippen LogP contribution in [0.15, 0.2) is 18.2 Å². The number of halogens is 1. The van der Waals surface area contributed by atoms with Gasteiger partial charge in [-0.2, -0.15) is 0 Å². The van der Waals surface area contributed by atoms with Crippen LogP contribution in [0.4, 0.5) is 4.39 Å². The first-order valence-corrected chi connectivity index (χ1v) is 7.93. The summed E-state index contributed by atoms with van der Waals surface area (Å²) >= 11 is 1.66. The van der Waals surface area contributed by atoms with Crippen molar-refractivity contribution in [1.82, 2.24) is 10.3 Å². The van der Waals surface area contributed by atoms with Gasteiger partial charge in [0, 0.05) is 17.0 Å². The van der Waals surface area contributed by atoms with E-state index >= 15 is 0 Å². The molecule has 0 radical (unpaired) electrons. The van der Waals surface area contributed by atoms with E-state index < -0.39 is 0 Å². The molecular weight excluding hydrogens is 271 g/mol. The molecule has 2 nitrogen and oxygen atoms in total. The van der Waals surface area contributed by atoms with Crippen LogP contribution in [0.25, 0.3) is 10.6 Å². The van der Waals surface area contributed by atoms with Gasteiger partial charge in [-0.3, -0.25) is 0 Å². The van der Waals surface area contributed by atoms with Gasteiger partial charge in [0.05, 0.1) is 5.69 Å². The Kier molecular flexibility index (Phi) is 5.26. The number of aryl methyl sites for hydroxylation is 2. The molecular formula is C16H21FN2S. The SMILES string of the molecule is CCCNCc1sc(-c2ccc(C)c(F)c2)nc1CC. The average molecular weight is 292 g/mol. The van der Waals surface area contributed by atoms with E-state index in [1.807, 2.05) is 12.1 Å². The lowest BCUT2D eigenvalue weighted by molar-refractivity contribution is 0.619. The number of benzene rings is 1. The Hall–Kier alpha value is -1.26. The van der Waals surface area contributed by atoms with Gasteiger partial charge in [0.2, 0.25) is 0 Å². The molecule has 1 aromatic heterocycles. The molecule has 0 unspecified atom stereocenters. The topological polar surface area (TPSA) is 24.9 Å². The van der Waals surface area contributed by atoms with Crippen molar-refractivity contribution in [2.45, 2.75) is 40.2 Å². The van der Waals surface area contributed by atoms with E-state index in [0.29, 0.717) is 5.56 Å². The third-order valence-electron chi connectivity index (χ3n) is 3.24. The van der Waals surface area contributed by atoms with Crippen LogP contribution in [0.1, 0.15) is 36.4 Å². The number of nitrogens with zero attached hydrogens (tertiary/aromatic N) is 1. The van der Waals surface area contributed by atoms with Gasteiger partial charge in [-0.25, -0.2) is 9.37 Å². The fourth-order valence-electron chi connectivity index (χ4n) is 2.03. The largest absolute Gasteiger partial charge is 0.312 e. The lowest BCUT2D eigenvalue weighted by atomic mass is 10.1. The van der Waals surface area contributed by atoms with Crippen LogP contribution in [0, 0.1) is 12.7 Å². The standard InChI is InChI=1S/C16H21FN2S/c1-4-8-18-10-15-14(5-2)19-16(20-15)12-7-6-11(3)13(17)9-12/h6-7,9,18H,4-5,8,10H2,1-3H3. The quantitative estimate of drug-likeness (QED) is 0.802. The monoisotopic (exact) mass is 292 g/mol. The van der Waals surface area contributed by atoms with E-state index in [-0.39, 0.29) is 5.82 Å². The van der Waals surface area contributed by atoms with E-state index in [2.05, 4.69) is 24.1 Å². The first-order valence-electron chi connectivity index (χ1n) is 7.11. The van der Waals surface area contributed by atoms with Crippen molar-refractivity contribution in [3.05, 3.63) is 40.2 Å².